The van der Waals surface area contributed by atoms with Crippen molar-refractivity contribution >= 4 is 23.8 Å². The van der Waals surface area contributed by atoms with Crippen LogP contribution in [0.25, 0.3) is 0 Å². The monoisotopic (exact) mass is 245 g/mol. The number of hydrogen-bond donors (Lipinski definition) is 2. The fourth-order valence-electron chi connectivity index (χ4n) is 1.28. The molecule has 1 aromatic carbocycles. The maximum atomic E-state index is 10.7. The van der Waals surface area contributed by atoms with Gasteiger partial charge in [0.25, 0.3) is 5.69 Å². The summed E-state index contributed by atoms with van der Waals surface area (Å²) in [5.74, 6) is 0. The second kappa shape index (κ2) is 7.03. The molecule has 0 aromatic heterocycles. The number of aryl methyl sites for hydroxylation is 1. The van der Waals surface area contributed by atoms with Crippen LogP contribution in [0.2, 0.25) is 0 Å². The number of nitrogens with zero attached hydrogens (tertiary/aromatic N) is 1. The third-order valence-electron chi connectivity index (χ3n) is 2.05. The molecule has 0 unspecified atom stereocenters. The molecule has 0 fully saturated rings. The molecule has 0 radical (unpaired) electrons. The number of halogens is 1. The Balaban J connectivity index is 0.00000225. The summed E-state index contributed by atoms with van der Waals surface area (Å²) in [6, 6.07) is 5.01. The summed E-state index contributed by atoms with van der Waals surface area (Å²) < 4.78 is 0. The van der Waals surface area contributed by atoms with E-state index in [1.807, 2.05) is 6.92 Å². The molecule has 5 nitrogen and oxygen atoms in total. The van der Waals surface area contributed by atoms with Crippen molar-refractivity contribution in [2.24, 2.45) is 5.73 Å². The number of benzene rings is 1. The van der Waals surface area contributed by atoms with Crippen LogP contribution in [-0.2, 0) is 0 Å². The standard InChI is InChI=1S/C10H15N3O2.ClH/c1-8-3-4-10(13(14)15)9(7-8)12-6-2-5-11;/h3-4,7,12H,2,5-6,11H2,1H3;1H. The van der Waals surface area contributed by atoms with Crippen molar-refractivity contribution in [3.63, 3.8) is 0 Å². The van der Waals surface area contributed by atoms with Crippen molar-refractivity contribution in [2.45, 2.75) is 13.3 Å². The van der Waals surface area contributed by atoms with Crippen LogP contribution < -0.4 is 11.1 Å². The van der Waals surface area contributed by atoms with E-state index in [9.17, 15) is 10.1 Å². The third-order valence-corrected chi connectivity index (χ3v) is 2.05. The number of nitro groups is 1. The van der Waals surface area contributed by atoms with Crippen LogP contribution >= 0.6 is 12.4 Å². The fraction of sp³-hybridized carbons (Fsp3) is 0.400. The normalized spacial score (nSPS) is 9.38. The van der Waals surface area contributed by atoms with E-state index < -0.39 is 0 Å². The predicted octanol–water partition coefficient (Wildman–Crippen LogP) is 2.09. The summed E-state index contributed by atoms with van der Waals surface area (Å²) in [5, 5.41) is 13.7. The average molecular weight is 246 g/mol. The predicted molar refractivity (Wildman–Crippen MR) is 67.2 cm³/mol. The van der Waals surface area contributed by atoms with Crippen molar-refractivity contribution < 1.29 is 4.92 Å². The highest BCUT2D eigenvalue weighted by molar-refractivity contribution is 5.85. The maximum Gasteiger partial charge on any atom is 0.292 e. The zero-order valence-corrected chi connectivity index (χ0v) is 9.92. The van der Waals surface area contributed by atoms with Gasteiger partial charge in [0.05, 0.1) is 4.92 Å². The Morgan fingerprint density at radius 1 is 1.50 bits per heavy atom. The number of hydrogen-bond acceptors (Lipinski definition) is 4. The van der Waals surface area contributed by atoms with E-state index in [0.717, 1.165) is 12.0 Å². The highest BCUT2D eigenvalue weighted by Gasteiger charge is 2.12. The van der Waals surface area contributed by atoms with Crippen LogP contribution in [-0.4, -0.2) is 18.0 Å². The number of nitro benzene ring substituents is 1. The van der Waals surface area contributed by atoms with Gasteiger partial charge in [0, 0.05) is 12.6 Å². The summed E-state index contributed by atoms with van der Waals surface area (Å²) in [6.45, 7) is 3.13. The molecule has 3 N–H and O–H groups in total. The van der Waals surface area contributed by atoms with Crippen molar-refractivity contribution in [1.29, 1.82) is 0 Å². The number of nitrogens with two attached hydrogens (primary N) is 1. The van der Waals surface area contributed by atoms with E-state index >= 15 is 0 Å². The van der Waals surface area contributed by atoms with Crippen LogP contribution in [0, 0.1) is 17.0 Å². The number of anilines is 1. The first-order valence-corrected chi connectivity index (χ1v) is 4.84. The molecule has 16 heavy (non-hydrogen) atoms. The van der Waals surface area contributed by atoms with E-state index in [1.165, 1.54) is 6.07 Å². The Labute approximate surface area is 101 Å². The summed E-state index contributed by atoms with van der Waals surface area (Å²) in [7, 11) is 0. The van der Waals surface area contributed by atoms with Crippen molar-refractivity contribution in [2.75, 3.05) is 18.4 Å². The molecule has 6 heteroatoms. The van der Waals surface area contributed by atoms with Crippen molar-refractivity contribution in [3.8, 4) is 0 Å². The van der Waals surface area contributed by atoms with E-state index in [2.05, 4.69) is 5.32 Å². The molecule has 0 saturated carbocycles. The van der Waals surface area contributed by atoms with Gasteiger partial charge in [0.1, 0.15) is 5.69 Å². The summed E-state index contributed by atoms with van der Waals surface area (Å²) >= 11 is 0. The van der Waals surface area contributed by atoms with Crippen LogP contribution in [0.5, 0.6) is 0 Å². The minimum Gasteiger partial charge on any atom is -0.379 e. The summed E-state index contributed by atoms with van der Waals surface area (Å²) in [6.07, 6.45) is 0.797. The Morgan fingerprint density at radius 3 is 2.75 bits per heavy atom. The molecule has 0 saturated heterocycles. The Hall–Kier alpha value is -1.33. The van der Waals surface area contributed by atoms with Gasteiger partial charge < -0.3 is 11.1 Å². The second-order valence-electron chi connectivity index (χ2n) is 3.35. The SMILES string of the molecule is Cc1ccc([N+](=O)[O-])c(NCCCN)c1.Cl. The van der Waals surface area contributed by atoms with Gasteiger partial charge >= 0.3 is 0 Å². The van der Waals surface area contributed by atoms with Gasteiger partial charge in [-0.2, -0.15) is 0 Å². The first-order chi connectivity index (χ1) is 7.15. The molecule has 0 aliphatic rings. The molecule has 0 aliphatic heterocycles. The smallest absolute Gasteiger partial charge is 0.292 e. The van der Waals surface area contributed by atoms with Gasteiger partial charge in [-0.25, -0.2) is 0 Å². The topological polar surface area (TPSA) is 81.2 Å². The lowest BCUT2D eigenvalue weighted by Crippen LogP contribution is -2.09. The zero-order chi connectivity index (χ0) is 11.3. The van der Waals surface area contributed by atoms with Crippen LogP contribution in [0.3, 0.4) is 0 Å². The Morgan fingerprint density at radius 2 is 2.19 bits per heavy atom. The summed E-state index contributed by atoms with van der Waals surface area (Å²) in [5.41, 5.74) is 7.01. The van der Waals surface area contributed by atoms with Crippen LogP contribution in [0.1, 0.15) is 12.0 Å². The van der Waals surface area contributed by atoms with Crippen LogP contribution in [0.4, 0.5) is 11.4 Å². The van der Waals surface area contributed by atoms with E-state index in [0.29, 0.717) is 18.8 Å². The molecule has 1 aromatic rings. The zero-order valence-electron chi connectivity index (χ0n) is 9.10. The molecule has 0 spiro atoms. The van der Waals surface area contributed by atoms with E-state index in [4.69, 9.17) is 5.73 Å². The first kappa shape index (κ1) is 14.7. The number of rotatable bonds is 5. The quantitative estimate of drug-likeness (QED) is 0.473. The van der Waals surface area contributed by atoms with Crippen molar-refractivity contribution in [1.82, 2.24) is 0 Å². The Bertz CT molecular complexity index is 358. The molecule has 90 valence electrons. The number of nitrogens with one attached hydrogen (secondary N) is 1. The minimum absolute atomic E-state index is 0. The van der Waals surface area contributed by atoms with Gasteiger partial charge in [-0.3, -0.25) is 10.1 Å². The molecular formula is C10H16ClN3O2. The van der Waals surface area contributed by atoms with Gasteiger partial charge in [-0.1, -0.05) is 6.07 Å². The minimum atomic E-state index is -0.385. The average Bonchev–Trinajstić information content (AvgIpc) is 2.18. The molecule has 0 aliphatic carbocycles. The molecule has 0 amide bonds. The fourth-order valence-corrected chi connectivity index (χ4v) is 1.28. The first-order valence-electron chi connectivity index (χ1n) is 4.84. The molecular weight excluding hydrogens is 230 g/mol. The molecule has 0 bridgehead atoms. The molecule has 0 heterocycles. The Kier molecular flexibility index (Phi) is 6.44. The van der Waals surface area contributed by atoms with Gasteiger partial charge in [-0.05, 0) is 31.5 Å². The largest absolute Gasteiger partial charge is 0.379 e. The summed E-state index contributed by atoms with van der Waals surface area (Å²) in [4.78, 5) is 10.3. The van der Waals surface area contributed by atoms with Gasteiger partial charge in [0.2, 0.25) is 0 Å². The second-order valence-corrected chi connectivity index (χ2v) is 3.35. The van der Waals surface area contributed by atoms with Gasteiger partial charge in [-0.15, -0.1) is 12.4 Å². The molecule has 1 rings (SSSR count). The highest BCUT2D eigenvalue weighted by atomic mass is 35.5. The molecule has 0 atom stereocenters. The lowest BCUT2D eigenvalue weighted by atomic mass is 10.2. The maximum absolute atomic E-state index is 10.7. The lowest BCUT2D eigenvalue weighted by molar-refractivity contribution is -0.384. The van der Waals surface area contributed by atoms with Gasteiger partial charge in [0.15, 0.2) is 0 Å². The van der Waals surface area contributed by atoms with Crippen LogP contribution in [0.15, 0.2) is 18.2 Å². The van der Waals surface area contributed by atoms with Crippen molar-refractivity contribution in [3.05, 3.63) is 33.9 Å². The van der Waals surface area contributed by atoms with E-state index in [-0.39, 0.29) is 23.0 Å². The third kappa shape index (κ3) is 4.04. The van der Waals surface area contributed by atoms with E-state index in [1.54, 1.807) is 12.1 Å². The highest BCUT2D eigenvalue weighted by Crippen LogP contribution is 2.24. The lowest BCUT2D eigenvalue weighted by Gasteiger charge is -2.06.